The fourth-order valence-electron chi connectivity index (χ4n) is 3.03. The van der Waals surface area contributed by atoms with Gasteiger partial charge in [-0.2, -0.15) is 0 Å². The zero-order valence-electron chi connectivity index (χ0n) is 16.4. The molecule has 0 aliphatic carbocycles. The van der Waals surface area contributed by atoms with Crippen LogP contribution in [-0.2, 0) is 4.79 Å². The Labute approximate surface area is 180 Å². The highest BCUT2D eigenvalue weighted by atomic mass is 35.5. The molecule has 0 unspecified atom stereocenters. The first-order valence-electron chi connectivity index (χ1n) is 9.45. The van der Waals surface area contributed by atoms with Crippen LogP contribution in [0.3, 0.4) is 0 Å². The van der Waals surface area contributed by atoms with E-state index in [1.54, 1.807) is 48.5 Å². The van der Waals surface area contributed by atoms with Crippen LogP contribution in [0.1, 0.15) is 45.7 Å². The summed E-state index contributed by atoms with van der Waals surface area (Å²) in [6.07, 6.45) is 0.0184. The molecule has 0 bridgehead atoms. The highest BCUT2D eigenvalue weighted by Gasteiger charge is 2.20. The molecular weight excluding hydrogens is 400 g/mol. The molecule has 0 fully saturated rings. The standard InChI is InChI=1S/C24H21ClN2O3/c1-16(28)18-10-7-11-19(14-18)26-23(29)15-22(17-8-3-2-4-9-17)27-24(30)20-12-5-6-13-21(20)25/h2-14,22H,15H2,1H3,(H,26,29)(H,27,30)/t22-/m1/s1. The molecule has 3 rings (SSSR count). The molecule has 0 radical (unpaired) electrons. The molecule has 30 heavy (non-hydrogen) atoms. The number of carbonyl (C=O) groups is 3. The van der Waals surface area contributed by atoms with Gasteiger partial charge in [-0.1, -0.05) is 66.2 Å². The van der Waals surface area contributed by atoms with Crippen molar-refractivity contribution >= 4 is 34.9 Å². The summed E-state index contributed by atoms with van der Waals surface area (Å²) in [6, 6.07) is 22.2. The van der Waals surface area contributed by atoms with E-state index in [1.165, 1.54) is 6.92 Å². The molecule has 0 saturated heterocycles. The van der Waals surface area contributed by atoms with Gasteiger partial charge in [-0.15, -0.1) is 0 Å². The smallest absolute Gasteiger partial charge is 0.253 e. The number of amides is 2. The van der Waals surface area contributed by atoms with Gasteiger partial charge in [0.2, 0.25) is 5.91 Å². The van der Waals surface area contributed by atoms with Crippen LogP contribution < -0.4 is 10.6 Å². The lowest BCUT2D eigenvalue weighted by atomic mass is 10.0. The van der Waals surface area contributed by atoms with Crippen LogP contribution >= 0.6 is 11.6 Å². The lowest BCUT2D eigenvalue weighted by Gasteiger charge is -2.19. The molecule has 1 atom stereocenters. The van der Waals surface area contributed by atoms with Crippen molar-refractivity contribution in [2.24, 2.45) is 0 Å². The number of rotatable bonds is 7. The van der Waals surface area contributed by atoms with Crippen LogP contribution in [0.5, 0.6) is 0 Å². The van der Waals surface area contributed by atoms with E-state index in [9.17, 15) is 14.4 Å². The Morgan fingerprint density at radius 2 is 1.60 bits per heavy atom. The van der Waals surface area contributed by atoms with E-state index in [0.717, 1.165) is 5.56 Å². The second kappa shape index (κ2) is 9.85. The lowest BCUT2D eigenvalue weighted by molar-refractivity contribution is -0.116. The van der Waals surface area contributed by atoms with Gasteiger partial charge in [-0.05, 0) is 36.8 Å². The zero-order chi connectivity index (χ0) is 21.5. The van der Waals surface area contributed by atoms with Gasteiger partial charge in [0.1, 0.15) is 0 Å². The molecule has 0 aliphatic heterocycles. The first kappa shape index (κ1) is 21.3. The number of carbonyl (C=O) groups excluding carboxylic acids is 3. The number of halogens is 1. The van der Waals surface area contributed by atoms with Crippen molar-refractivity contribution in [1.82, 2.24) is 5.32 Å². The van der Waals surface area contributed by atoms with Crippen LogP contribution in [0.2, 0.25) is 5.02 Å². The molecule has 0 heterocycles. The van der Waals surface area contributed by atoms with Crippen molar-refractivity contribution in [2.75, 3.05) is 5.32 Å². The largest absolute Gasteiger partial charge is 0.345 e. The van der Waals surface area contributed by atoms with Crippen molar-refractivity contribution < 1.29 is 14.4 Å². The van der Waals surface area contributed by atoms with Gasteiger partial charge in [-0.3, -0.25) is 14.4 Å². The first-order valence-corrected chi connectivity index (χ1v) is 9.83. The Hall–Kier alpha value is -3.44. The molecule has 2 amide bonds. The number of nitrogens with one attached hydrogen (secondary N) is 2. The summed E-state index contributed by atoms with van der Waals surface area (Å²) in [5.41, 5.74) is 2.18. The minimum atomic E-state index is -0.550. The van der Waals surface area contributed by atoms with Crippen molar-refractivity contribution in [2.45, 2.75) is 19.4 Å². The summed E-state index contributed by atoms with van der Waals surface area (Å²) in [5.74, 6) is -0.731. The van der Waals surface area contributed by atoms with E-state index in [0.29, 0.717) is 21.8 Å². The van der Waals surface area contributed by atoms with Crippen molar-refractivity contribution in [1.29, 1.82) is 0 Å². The lowest BCUT2D eigenvalue weighted by Crippen LogP contribution is -2.31. The second-order valence-electron chi connectivity index (χ2n) is 6.81. The first-order chi connectivity index (χ1) is 14.4. The van der Waals surface area contributed by atoms with Gasteiger partial charge in [0, 0.05) is 11.3 Å². The normalized spacial score (nSPS) is 11.4. The Kier molecular flexibility index (Phi) is 6.99. The van der Waals surface area contributed by atoms with Gasteiger partial charge in [0.25, 0.3) is 5.91 Å². The van der Waals surface area contributed by atoms with Crippen molar-refractivity contribution in [3.8, 4) is 0 Å². The predicted molar refractivity (Wildman–Crippen MR) is 118 cm³/mol. The number of benzene rings is 3. The summed E-state index contributed by atoms with van der Waals surface area (Å²) in [5, 5.41) is 6.03. The van der Waals surface area contributed by atoms with E-state index in [2.05, 4.69) is 10.6 Å². The molecular formula is C24H21ClN2O3. The van der Waals surface area contributed by atoms with Gasteiger partial charge < -0.3 is 10.6 Å². The molecule has 0 aliphatic rings. The van der Waals surface area contributed by atoms with Gasteiger partial charge in [0.05, 0.1) is 23.0 Å². The zero-order valence-corrected chi connectivity index (χ0v) is 17.1. The third kappa shape index (κ3) is 5.55. The molecule has 0 aromatic heterocycles. The number of ketones is 1. The van der Waals surface area contributed by atoms with Crippen LogP contribution in [0.15, 0.2) is 78.9 Å². The maximum absolute atomic E-state index is 12.7. The summed E-state index contributed by atoms with van der Waals surface area (Å²) in [4.78, 5) is 37.0. The number of hydrogen-bond acceptors (Lipinski definition) is 3. The Morgan fingerprint density at radius 1 is 0.900 bits per heavy atom. The summed E-state index contributed by atoms with van der Waals surface area (Å²) in [7, 11) is 0. The number of Topliss-reactive ketones (excluding diaryl/α,β-unsaturated/α-hetero) is 1. The fraction of sp³-hybridized carbons (Fsp3) is 0.125. The average Bonchev–Trinajstić information content (AvgIpc) is 2.74. The third-order valence-electron chi connectivity index (χ3n) is 4.57. The fourth-order valence-corrected chi connectivity index (χ4v) is 3.25. The number of hydrogen-bond donors (Lipinski definition) is 2. The van der Waals surface area contributed by atoms with Gasteiger partial charge in [-0.25, -0.2) is 0 Å². The van der Waals surface area contributed by atoms with Crippen LogP contribution in [0.4, 0.5) is 5.69 Å². The summed E-state index contributed by atoms with van der Waals surface area (Å²) >= 11 is 6.13. The molecule has 3 aromatic rings. The average molecular weight is 421 g/mol. The maximum atomic E-state index is 12.7. The summed E-state index contributed by atoms with van der Waals surface area (Å²) < 4.78 is 0. The minimum absolute atomic E-state index is 0.0184. The number of anilines is 1. The monoisotopic (exact) mass is 420 g/mol. The van der Waals surface area contributed by atoms with Gasteiger partial charge in [0.15, 0.2) is 5.78 Å². The van der Waals surface area contributed by atoms with Crippen LogP contribution in [0, 0.1) is 0 Å². The topological polar surface area (TPSA) is 75.3 Å². The third-order valence-corrected chi connectivity index (χ3v) is 4.90. The summed E-state index contributed by atoms with van der Waals surface area (Å²) in [6.45, 7) is 1.47. The maximum Gasteiger partial charge on any atom is 0.253 e. The molecule has 5 nitrogen and oxygen atoms in total. The van der Waals surface area contributed by atoms with E-state index < -0.39 is 6.04 Å². The van der Waals surface area contributed by atoms with E-state index in [1.807, 2.05) is 30.3 Å². The highest BCUT2D eigenvalue weighted by Crippen LogP contribution is 2.21. The Morgan fingerprint density at radius 3 is 2.30 bits per heavy atom. The minimum Gasteiger partial charge on any atom is -0.345 e. The molecule has 2 N–H and O–H groups in total. The predicted octanol–water partition coefficient (Wildman–Crippen LogP) is 5.04. The van der Waals surface area contributed by atoms with Crippen LogP contribution in [0.25, 0.3) is 0 Å². The van der Waals surface area contributed by atoms with Crippen LogP contribution in [-0.4, -0.2) is 17.6 Å². The SMILES string of the molecule is CC(=O)c1cccc(NC(=O)C[C@@H](NC(=O)c2ccccc2Cl)c2ccccc2)c1. The molecule has 0 spiro atoms. The van der Waals surface area contributed by atoms with E-state index in [-0.39, 0.29) is 24.0 Å². The Balaban J connectivity index is 1.77. The molecule has 6 heteroatoms. The quantitative estimate of drug-likeness (QED) is 0.525. The van der Waals surface area contributed by atoms with E-state index >= 15 is 0 Å². The molecule has 3 aromatic carbocycles. The molecule has 152 valence electrons. The Bertz CT molecular complexity index is 1070. The van der Waals surface area contributed by atoms with Crippen molar-refractivity contribution in [3.63, 3.8) is 0 Å². The van der Waals surface area contributed by atoms with Crippen molar-refractivity contribution in [3.05, 3.63) is 101 Å². The molecule has 0 saturated carbocycles. The highest BCUT2D eigenvalue weighted by molar-refractivity contribution is 6.33. The second-order valence-corrected chi connectivity index (χ2v) is 7.21. The van der Waals surface area contributed by atoms with E-state index in [4.69, 9.17) is 11.6 Å². The van der Waals surface area contributed by atoms with Gasteiger partial charge >= 0.3 is 0 Å².